The maximum atomic E-state index is 14.6. The Morgan fingerprint density at radius 3 is 2.61 bits per heavy atom. The molecule has 1 saturated heterocycles. The summed E-state index contributed by atoms with van der Waals surface area (Å²) in [6, 6.07) is 11.2. The fourth-order valence-electron chi connectivity index (χ4n) is 7.64. The number of nitrogens with one attached hydrogen (secondary N) is 1. The van der Waals surface area contributed by atoms with Gasteiger partial charge in [-0.2, -0.15) is 13.2 Å². The van der Waals surface area contributed by atoms with Crippen molar-refractivity contribution >= 4 is 46.0 Å². The zero-order valence-electron chi connectivity index (χ0n) is 29.2. The molecule has 0 spiro atoms. The Balaban J connectivity index is 1.18. The van der Waals surface area contributed by atoms with Gasteiger partial charge < -0.3 is 29.2 Å². The van der Waals surface area contributed by atoms with Crippen LogP contribution in [0.4, 0.5) is 24.5 Å². The van der Waals surface area contributed by atoms with Crippen LogP contribution in [-0.4, -0.2) is 80.1 Å². The van der Waals surface area contributed by atoms with E-state index in [0.29, 0.717) is 60.4 Å². The molecule has 5 heterocycles. The van der Waals surface area contributed by atoms with E-state index in [1.54, 1.807) is 22.8 Å². The molecule has 13 nitrogen and oxygen atoms in total. The third-order valence-corrected chi connectivity index (χ3v) is 10.6. The predicted octanol–water partition coefficient (Wildman–Crippen LogP) is 5.29. The van der Waals surface area contributed by atoms with E-state index in [0.717, 1.165) is 43.0 Å². The smallest absolute Gasteiger partial charge is 0.416 e. The zero-order chi connectivity index (χ0) is 37.9. The summed E-state index contributed by atoms with van der Waals surface area (Å²) in [5, 5.41) is 11.6. The van der Waals surface area contributed by atoms with Gasteiger partial charge in [-0.05, 0) is 55.2 Å². The molecule has 5 aromatic rings. The Labute approximate surface area is 311 Å². The molecule has 1 saturated carbocycles. The predicted molar refractivity (Wildman–Crippen MR) is 193 cm³/mol. The number of nitrogens with zero attached hydrogens (tertiary/aromatic N) is 7. The average Bonchev–Trinajstić information content (AvgIpc) is 3.82. The number of halogens is 4. The van der Waals surface area contributed by atoms with Crippen molar-refractivity contribution in [2.75, 3.05) is 37.0 Å². The van der Waals surface area contributed by atoms with Gasteiger partial charge in [0.1, 0.15) is 18.0 Å². The van der Waals surface area contributed by atoms with Crippen molar-refractivity contribution in [3.63, 3.8) is 0 Å². The Morgan fingerprint density at radius 2 is 1.89 bits per heavy atom. The van der Waals surface area contributed by atoms with Crippen LogP contribution in [0.1, 0.15) is 46.9 Å². The second-order valence-electron chi connectivity index (χ2n) is 13.3. The third-order valence-electron chi connectivity index (χ3n) is 10.3. The SMILES string of the molecule is CCc1c(N2CCN(C(=O)c3cccc4c3OCC4)[C@H]3CC[C@@H]32)c(=O)c2nn(-c3ccnc(OC)c3)nc2n1CC(=O)Nc1ccc(C(F)(F)F)cc1Cl. The number of ether oxygens (including phenoxy) is 2. The fourth-order valence-corrected chi connectivity index (χ4v) is 7.86. The van der Waals surface area contributed by atoms with Gasteiger partial charge >= 0.3 is 6.18 Å². The number of hydrogen-bond donors (Lipinski definition) is 1. The molecule has 3 aliphatic rings. The molecular weight excluding hydrogens is 729 g/mol. The number of anilines is 2. The van der Waals surface area contributed by atoms with Gasteiger partial charge in [0, 0.05) is 43.5 Å². The first-order chi connectivity index (χ1) is 26.0. The summed E-state index contributed by atoms with van der Waals surface area (Å²) < 4.78 is 52.6. The molecule has 280 valence electrons. The van der Waals surface area contributed by atoms with E-state index in [1.807, 2.05) is 28.9 Å². The summed E-state index contributed by atoms with van der Waals surface area (Å²) in [6.07, 6.45) is -0.564. The summed E-state index contributed by atoms with van der Waals surface area (Å²) in [6.45, 7) is 2.72. The first-order valence-electron chi connectivity index (χ1n) is 17.5. The molecule has 2 amide bonds. The fraction of sp³-hybridized carbons (Fsp3) is 0.351. The van der Waals surface area contributed by atoms with Crippen molar-refractivity contribution < 1.29 is 32.2 Å². The van der Waals surface area contributed by atoms with Crippen molar-refractivity contribution in [3.05, 3.63) is 92.4 Å². The molecular formula is C37H34ClF3N8O5. The highest BCUT2D eigenvalue weighted by Crippen LogP contribution is 2.40. The highest BCUT2D eigenvalue weighted by Gasteiger charge is 2.47. The maximum Gasteiger partial charge on any atom is 0.416 e. The molecule has 2 atom stereocenters. The van der Waals surface area contributed by atoms with Crippen molar-refractivity contribution in [1.29, 1.82) is 0 Å². The lowest BCUT2D eigenvalue weighted by molar-refractivity contribution is -0.137. The number of benzene rings is 2. The molecule has 8 rings (SSSR count). The Hall–Kier alpha value is -5.64. The second kappa shape index (κ2) is 13.6. The van der Waals surface area contributed by atoms with Crippen LogP contribution in [0.2, 0.25) is 5.02 Å². The highest BCUT2D eigenvalue weighted by atomic mass is 35.5. The van der Waals surface area contributed by atoms with Crippen LogP contribution in [0, 0.1) is 0 Å². The van der Waals surface area contributed by atoms with E-state index < -0.39 is 17.6 Å². The minimum Gasteiger partial charge on any atom is -0.492 e. The molecule has 54 heavy (non-hydrogen) atoms. The van der Waals surface area contributed by atoms with Crippen molar-refractivity contribution in [3.8, 4) is 17.3 Å². The van der Waals surface area contributed by atoms with E-state index in [-0.39, 0.29) is 51.8 Å². The lowest BCUT2D eigenvalue weighted by Gasteiger charge is -2.54. The van der Waals surface area contributed by atoms with Gasteiger partial charge in [-0.1, -0.05) is 30.7 Å². The molecule has 2 fully saturated rings. The van der Waals surface area contributed by atoms with Gasteiger partial charge in [-0.3, -0.25) is 14.4 Å². The summed E-state index contributed by atoms with van der Waals surface area (Å²) in [5.74, 6) is 0.202. The second-order valence-corrected chi connectivity index (χ2v) is 13.7. The molecule has 0 radical (unpaired) electrons. The van der Waals surface area contributed by atoms with Crippen LogP contribution in [0.3, 0.4) is 0 Å². The Kier molecular flexibility index (Phi) is 8.95. The number of piperazine rings is 1. The first-order valence-corrected chi connectivity index (χ1v) is 17.9. The van der Waals surface area contributed by atoms with Gasteiger partial charge in [0.05, 0.1) is 47.3 Å². The minimum atomic E-state index is -4.61. The van der Waals surface area contributed by atoms with E-state index in [9.17, 15) is 27.6 Å². The number of rotatable bonds is 8. The topological polar surface area (TPSA) is 137 Å². The van der Waals surface area contributed by atoms with Crippen molar-refractivity contribution in [2.45, 2.75) is 57.4 Å². The summed E-state index contributed by atoms with van der Waals surface area (Å²) in [7, 11) is 1.46. The number of para-hydroxylation sites is 1. The van der Waals surface area contributed by atoms with E-state index in [2.05, 4.69) is 20.5 Å². The van der Waals surface area contributed by atoms with Crippen LogP contribution < -0.4 is 25.1 Å². The summed E-state index contributed by atoms with van der Waals surface area (Å²) >= 11 is 6.17. The highest BCUT2D eigenvalue weighted by molar-refractivity contribution is 6.33. The van der Waals surface area contributed by atoms with Gasteiger partial charge in [0.15, 0.2) is 11.2 Å². The molecule has 2 aromatic carbocycles. The number of alkyl halides is 3. The molecule has 0 bridgehead atoms. The van der Waals surface area contributed by atoms with Crippen LogP contribution in [0.15, 0.2) is 59.5 Å². The zero-order valence-corrected chi connectivity index (χ0v) is 29.9. The minimum absolute atomic E-state index is 0.00437. The van der Waals surface area contributed by atoms with Crippen LogP contribution in [0.5, 0.6) is 11.6 Å². The van der Waals surface area contributed by atoms with Crippen LogP contribution in [-0.2, 0) is 30.4 Å². The normalized spacial score (nSPS) is 17.8. The molecule has 1 N–H and O–H groups in total. The van der Waals surface area contributed by atoms with E-state index in [4.69, 9.17) is 21.1 Å². The quantitative estimate of drug-likeness (QED) is 0.224. The maximum absolute atomic E-state index is 14.6. The third kappa shape index (κ3) is 6.07. The lowest BCUT2D eigenvalue weighted by Crippen LogP contribution is -2.67. The largest absolute Gasteiger partial charge is 0.492 e. The van der Waals surface area contributed by atoms with E-state index >= 15 is 0 Å². The van der Waals surface area contributed by atoms with Crippen molar-refractivity contribution in [2.24, 2.45) is 0 Å². The Morgan fingerprint density at radius 1 is 1.07 bits per heavy atom. The number of aromatic nitrogens is 5. The molecule has 1 aliphatic carbocycles. The number of carbonyl (C=O) groups excluding carboxylic acids is 2. The van der Waals surface area contributed by atoms with Gasteiger partial charge in [-0.15, -0.1) is 15.0 Å². The number of hydrogen-bond acceptors (Lipinski definition) is 9. The average molecular weight is 763 g/mol. The van der Waals surface area contributed by atoms with Gasteiger partial charge in [0.2, 0.25) is 17.2 Å². The number of pyridine rings is 2. The molecule has 3 aromatic heterocycles. The van der Waals surface area contributed by atoms with Crippen molar-refractivity contribution in [1.82, 2.24) is 29.4 Å². The summed E-state index contributed by atoms with van der Waals surface area (Å²) in [4.78, 5) is 51.5. The molecule has 0 unspecified atom stereocenters. The number of fused-ring (bicyclic) bond motifs is 3. The van der Waals surface area contributed by atoms with Gasteiger partial charge in [0.25, 0.3) is 5.91 Å². The Bertz CT molecular complexity index is 2380. The number of carbonyl (C=O) groups is 2. The number of amides is 2. The standard InChI is InChI=1S/C37H34ClF3N8O5/c1-3-26-32(46-14-15-47(28-10-9-27(28)46)36(52)23-6-4-5-20-12-16-54-34(20)23)33(51)31-35(45-49(44-31)22-11-13-42-30(18-22)53-2)48(26)19-29(50)43-25-8-7-21(17-24(25)38)37(39,40)41/h4-8,11,13,17-18,27-28H,3,9-10,12,14-16,19H2,1-2H3,(H,43,50)/t27-,28-/m0/s1. The van der Waals surface area contributed by atoms with Gasteiger partial charge in [-0.25, -0.2) is 4.98 Å². The van der Waals surface area contributed by atoms with Crippen LogP contribution in [0.25, 0.3) is 16.9 Å². The lowest BCUT2D eigenvalue weighted by atomic mass is 9.81. The first kappa shape index (κ1) is 35.4. The van der Waals surface area contributed by atoms with E-state index in [1.165, 1.54) is 18.1 Å². The molecule has 17 heteroatoms. The monoisotopic (exact) mass is 762 g/mol. The van der Waals surface area contributed by atoms with Crippen LogP contribution >= 0.6 is 11.6 Å². The number of methoxy groups -OCH3 is 1. The molecule has 2 aliphatic heterocycles. The summed E-state index contributed by atoms with van der Waals surface area (Å²) in [5.41, 5.74) is 1.66.